The first kappa shape index (κ1) is 19.7. The van der Waals surface area contributed by atoms with Crippen LogP contribution in [0.3, 0.4) is 0 Å². The van der Waals surface area contributed by atoms with Crippen molar-refractivity contribution < 1.29 is 44.0 Å². The highest BCUT2D eigenvalue weighted by Crippen LogP contribution is 2.45. The first-order chi connectivity index (χ1) is 13.6. The standard InChI is InChI=1S/C19H14O10/c1-28-18(26)10-4-7-5-11(20)12(21)6-9(7)14(15(10)17(24)25)8-2-3-13(16(22)23)29-19(8)27/h2-6,14-15,20-21H,1H3,(H,22,23)(H,24,25). The molecule has 1 aliphatic carbocycles. The van der Waals surface area contributed by atoms with Gasteiger partial charge in [-0.15, -0.1) is 0 Å². The number of aromatic carboxylic acids is 1. The minimum Gasteiger partial charge on any atom is -0.504 e. The summed E-state index contributed by atoms with van der Waals surface area (Å²) < 4.78 is 9.39. The van der Waals surface area contributed by atoms with Crippen molar-refractivity contribution in [1.29, 1.82) is 0 Å². The van der Waals surface area contributed by atoms with Gasteiger partial charge in [0, 0.05) is 11.5 Å². The molecule has 0 fully saturated rings. The number of methoxy groups -OCH3 is 1. The number of phenols is 2. The van der Waals surface area contributed by atoms with Crippen LogP contribution in [0.4, 0.5) is 0 Å². The number of aromatic hydroxyl groups is 2. The van der Waals surface area contributed by atoms with Crippen molar-refractivity contribution in [2.24, 2.45) is 5.92 Å². The molecule has 1 aliphatic rings. The number of phenolic OH excluding ortho intramolecular Hbond substituents is 2. The van der Waals surface area contributed by atoms with Gasteiger partial charge in [-0.3, -0.25) is 4.79 Å². The maximum absolute atomic E-state index is 12.4. The summed E-state index contributed by atoms with van der Waals surface area (Å²) in [5.41, 5.74) is -1.38. The summed E-state index contributed by atoms with van der Waals surface area (Å²) in [4.78, 5) is 47.7. The molecule has 0 amide bonds. The predicted octanol–water partition coefficient (Wildman–Crippen LogP) is 1.15. The summed E-state index contributed by atoms with van der Waals surface area (Å²) in [5.74, 6) is -8.60. The van der Waals surface area contributed by atoms with Crippen LogP contribution in [-0.2, 0) is 14.3 Å². The third-order valence-electron chi connectivity index (χ3n) is 4.58. The zero-order valence-corrected chi connectivity index (χ0v) is 14.8. The molecule has 0 saturated carbocycles. The Morgan fingerprint density at radius 1 is 1.03 bits per heavy atom. The number of ether oxygens (including phenoxy) is 1. The van der Waals surface area contributed by atoms with Crippen LogP contribution in [0.15, 0.2) is 39.1 Å². The van der Waals surface area contributed by atoms with Crippen LogP contribution in [-0.4, -0.2) is 45.4 Å². The van der Waals surface area contributed by atoms with Gasteiger partial charge in [0.25, 0.3) is 0 Å². The van der Waals surface area contributed by atoms with Gasteiger partial charge in [-0.1, -0.05) is 0 Å². The van der Waals surface area contributed by atoms with E-state index >= 15 is 0 Å². The van der Waals surface area contributed by atoms with Crippen LogP contribution >= 0.6 is 0 Å². The Kier molecular flexibility index (Phi) is 4.85. The van der Waals surface area contributed by atoms with E-state index in [4.69, 9.17) is 9.52 Å². The van der Waals surface area contributed by atoms with E-state index < -0.39 is 52.6 Å². The van der Waals surface area contributed by atoms with Gasteiger partial charge in [0.2, 0.25) is 5.76 Å². The van der Waals surface area contributed by atoms with Crippen molar-refractivity contribution in [2.45, 2.75) is 5.92 Å². The smallest absolute Gasteiger partial charge is 0.371 e. The van der Waals surface area contributed by atoms with Crippen molar-refractivity contribution in [1.82, 2.24) is 0 Å². The number of carbonyl (C=O) groups is 3. The van der Waals surface area contributed by atoms with Gasteiger partial charge in [-0.25, -0.2) is 14.4 Å². The van der Waals surface area contributed by atoms with Gasteiger partial charge in [-0.05, 0) is 41.5 Å². The van der Waals surface area contributed by atoms with Crippen molar-refractivity contribution >= 4 is 24.0 Å². The fourth-order valence-electron chi connectivity index (χ4n) is 3.32. The number of rotatable bonds is 4. The summed E-state index contributed by atoms with van der Waals surface area (Å²) in [5, 5.41) is 38.4. The maximum atomic E-state index is 12.4. The van der Waals surface area contributed by atoms with Crippen LogP contribution in [0.2, 0.25) is 0 Å². The molecule has 0 bridgehead atoms. The number of fused-ring (bicyclic) bond motifs is 1. The van der Waals surface area contributed by atoms with Crippen molar-refractivity contribution in [2.75, 3.05) is 7.11 Å². The molecular weight excluding hydrogens is 388 g/mol. The Morgan fingerprint density at radius 2 is 1.69 bits per heavy atom. The van der Waals surface area contributed by atoms with E-state index in [1.54, 1.807) is 0 Å². The fourth-order valence-corrected chi connectivity index (χ4v) is 3.32. The van der Waals surface area contributed by atoms with Gasteiger partial charge in [0.05, 0.1) is 18.6 Å². The first-order valence-corrected chi connectivity index (χ1v) is 8.11. The van der Waals surface area contributed by atoms with E-state index in [0.29, 0.717) is 0 Å². The highest BCUT2D eigenvalue weighted by Gasteiger charge is 2.43. The molecule has 1 aromatic carbocycles. The largest absolute Gasteiger partial charge is 0.504 e. The second-order valence-corrected chi connectivity index (χ2v) is 6.20. The summed E-state index contributed by atoms with van der Waals surface area (Å²) in [6, 6.07) is 4.24. The van der Waals surface area contributed by atoms with E-state index in [0.717, 1.165) is 31.4 Å². The van der Waals surface area contributed by atoms with Crippen LogP contribution in [0, 0.1) is 5.92 Å². The molecule has 0 saturated heterocycles. The van der Waals surface area contributed by atoms with Gasteiger partial charge >= 0.3 is 23.5 Å². The Bertz CT molecular complexity index is 1120. The molecule has 0 spiro atoms. The number of carboxylic acid groups (broad SMARTS) is 2. The minimum atomic E-state index is -1.60. The molecule has 1 heterocycles. The zero-order valence-electron chi connectivity index (χ0n) is 14.8. The van der Waals surface area contributed by atoms with Crippen LogP contribution in [0.25, 0.3) is 6.08 Å². The molecule has 150 valence electrons. The lowest BCUT2D eigenvalue weighted by Crippen LogP contribution is -2.34. The van der Waals surface area contributed by atoms with E-state index in [1.165, 1.54) is 6.08 Å². The molecule has 3 rings (SSSR count). The number of benzene rings is 1. The molecule has 10 heteroatoms. The zero-order chi connectivity index (χ0) is 21.5. The van der Waals surface area contributed by atoms with Gasteiger partial charge < -0.3 is 29.6 Å². The van der Waals surface area contributed by atoms with Crippen molar-refractivity contribution in [3.8, 4) is 11.5 Å². The predicted molar refractivity (Wildman–Crippen MR) is 94.7 cm³/mol. The highest BCUT2D eigenvalue weighted by molar-refractivity contribution is 6.01. The van der Waals surface area contributed by atoms with E-state index in [9.17, 15) is 34.5 Å². The molecule has 4 N–H and O–H groups in total. The lowest BCUT2D eigenvalue weighted by atomic mass is 9.71. The second kappa shape index (κ2) is 7.15. The van der Waals surface area contributed by atoms with Crippen molar-refractivity contribution in [3.05, 3.63) is 62.7 Å². The van der Waals surface area contributed by atoms with Gasteiger partial charge in [0.1, 0.15) is 0 Å². The molecular formula is C19H14O10. The molecule has 2 aromatic rings. The number of hydrogen-bond donors (Lipinski definition) is 4. The number of carboxylic acids is 2. The molecule has 0 aliphatic heterocycles. The SMILES string of the molecule is COC(=O)C1=Cc2cc(O)c(O)cc2C(c2ccc(C(=O)O)oc2=O)C1C(=O)O. The molecule has 29 heavy (non-hydrogen) atoms. The van der Waals surface area contributed by atoms with Crippen molar-refractivity contribution in [3.63, 3.8) is 0 Å². The lowest BCUT2D eigenvalue weighted by molar-refractivity contribution is -0.145. The highest BCUT2D eigenvalue weighted by atomic mass is 16.5. The monoisotopic (exact) mass is 402 g/mol. The van der Waals surface area contributed by atoms with Crippen LogP contribution < -0.4 is 5.63 Å². The molecule has 1 aromatic heterocycles. The Labute approximate surface area is 161 Å². The summed E-state index contributed by atoms with van der Waals surface area (Å²) in [7, 11) is 1.05. The average Bonchev–Trinajstić information content (AvgIpc) is 2.67. The maximum Gasteiger partial charge on any atom is 0.371 e. The third-order valence-corrected chi connectivity index (χ3v) is 4.58. The summed E-state index contributed by atoms with van der Waals surface area (Å²) in [6.07, 6.45) is 1.18. The minimum absolute atomic E-state index is 0.121. The number of esters is 1. The Hall–Kier alpha value is -4.08. The molecule has 10 nitrogen and oxygen atoms in total. The quantitative estimate of drug-likeness (QED) is 0.429. The molecule has 2 unspecified atom stereocenters. The summed E-state index contributed by atoms with van der Waals surface area (Å²) in [6.45, 7) is 0. The van der Waals surface area contributed by atoms with Gasteiger partial charge in [-0.2, -0.15) is 0 Å². The van der Waals surface area contributed by atoms with Crippen LogP contribution in [0.5, 0.6) is 11.5 Å². The van der Waals surface area contributed by atoms with Gasteiger partial charge in [0.15, 0.2) is 11.5 Å². The Morgan fingerprint density at radius 3 is 2.24 bits per heavy atom. The average molecular weight is 402 g/mol. The van der Waals surface area contributed by atoms with E-state index in [-0.39, 0.29) is 22.3 Å². The fraction of sp³-hybridized carbons (Fsp3) is 0.158. The normalized spacial score (nSPS) is 17.8. The molecule has 2 atom stereocenters. The third kappa shape index (κ3) is 3.31. The number of carbonyl (C=O) groups excluding carboxylic acids is 1. The first-order valence-electron chi connectivity index (χ1n) is 8.11. The second-order valence-electron chi connectivity index (χ2n) is 6.20. The lowest BCUT2D eigenvalue weighted by Gasteiger charge is -2.30. The number of aliphatic carboxylic acids is 1. The summed E-state index contributed by atoms with van der Waals surface area (Å²) >= 11 is 0. The topological polar surface area (TPSA) is 172 Å². The number of hydrogen-bond acceptors (Lipinski definition) is 8. The Balaban J connectivity index is 2.34. The molecule has 0 radical (unpaired) electrons. The van der Waals surface area contributed by atoms with E-state index in [2.05, 4.69) is 4.74 Å². The van der Waals surface area contributed by atoms with E-state index in [1.807, 2.05) is 0 Å². The van der Waals surface area contributed by atoms with Crippen LogP contribution in [0.1, 0.15) is 33.2 Å².